The number of nitrogens with zero attached hydrogens (tertiary/aromatic N) is 2. The van der Waals surface area contributed by atoms with Gasteiger partial charge in [-0.3, -0.25) is 4.79 Å². The molecule has 1 rings (SSSR count). The fraction of sp³-hybridized carbons (Fsp3) is 0.167. The van der Waals surface area contributed by atoms with Crippen molar-refractivity contribution in [3.05, 3.63) is 21.8 Å². The third kappa shape index (κ3) is 2.79. The van der Waals surface area contributed by atoms with Crippen molar-refractivity contribution in [2.24, 2.45) is 0 Å². The number of halogens is 1. The van der Waals surface area contributed by atoms with E-state index in [1.54, 1.807) is 12.4 Å². The van der Waals surface area contributed by atoms with E-state index in [0.29, 0.717) is 5.82 Å². The first-order valence-corrected chi connectivity index (χ1v) is 3.94. The molecule has 0 atom stereocenters. The molecule has 0 aliphatic rings. The lowest BCUT2D eigenvalue weighted by molar-refractivity contribution is -0.136. The van der Waals surface area contributed by atoms with Gasteiger partial charge in [-0.05, 0) is 22.6 Å². The van der Waals surface area contributed by atoms with Gasteiger partial charge in [0.2, 0.25) is 0 Å². The highest BCUT2D eigenvalue weighted by Gasteiger charge is 2.01. The minimum Gasteiger partial charge on any atom is -0.481 e. The number of rotatable bonds is 2. The van der Waals surface area contributed by atoms with Crippen molar-refractivity contribution < 1.29 is 9.90 Å². The Morgan fingerprint density at radius 3 is 2.55 bits per heavy atom. The number of hydrogen-bond acceptors (Lipinski definition) is 3. The minimum absolute atomic E-state index is 0.114. The van der Waals surface area contributed by atoms with Crippen LogP contribution in [0.25, 0.3) is 0 Å². The van der Waals surface area contributed by atoms with E-state index >= 15 is 0 Å². The predicted molar refractivity (Wildman–Crippen MR) is 46.1 cm³/mol. The highest BCUT2D eigenvalue weighted by molar-refractivity contribution is 14.1. The third-order valence-electron chi connectivity index (χ3n) is 0.983. The Bertz CT molecular complexity index is 260. The fourth-order valence-corrected chi connectivity index (χ4v) is 0.844. The maximum atomic E-state index is 10.2. The van der Waals surface area contributed by atoms with Crippen molar-refractivity contribution in [2.45, 2.75) is 6.42 Å². The summed E-state index contributed by atoms with van der Waals surface area (Å²) >= 11 is 2.06. The number of carbonyl (C=O) groups is 1. The first kappa shape index (κ1) is 8.38. The van der Waals surface area contributed by atoms with Crippen molar-refractivity contribution in [2.75, 3.05) is 0 Å². The normalized spacial score (nSPS) is 9.55. The van der Waals surface area contributed by atoms with E-state index in [1.165, 1.54) is 0 Å². The average molecular weight is 264 g/mol. The number of carboxylic acids is 1. The second-order valence-corrected chi connectivity index (χ2v) is 3.13. The van der Waals surface area contributed by atoms with Gasteiger partial charge in [-0.1, -0.05) is 0 Å². The van der Waals surface area contributed by atoms with E-state index in [0.717, 1.165) is 3.57 Å². The molecule has 1 N–H and O–H groups in total. The molecule has 58 valence electrons. The summed E-state index contributed by atoms with van der Waals surface area (Å²) in [6, 6.07) is 0. The Balaban J connectivity index is 2.74. The monoisotopic (exact) mass is 264 g/mol. The molecule has 0 saturated carbocycles. The zero-order valence-corrected chi connectivity index (χ0v) is 7.65. The maximum Gasteiger partial charge on any atom is 0.311 e. The summed E-state index contributed by atoms with van der Waals surface area (Å²) in [7, 11) is 0. The minimum atomic E-state index is -0.911. The quantitative estimate of drug-likeness (QED) is 0.799. The molecule has 0 bridgehead atoms. The molecular weight excluding hydrogens is 259 g/mol. The van der Waals surface area contributed by atoms with E-state index in [-0.39, 0.29) is 6.42 Å². The molecule has 0 spiro atoms. The summed E-state index contributed by atoms with van der Waals surface area (Å²) in [6.45, 7) is 0. The van der Waals surface area contributed by atoms with Crippen LogP contribution in [-0.4, -0.2) is 21.0 Å². The molecule has 0 amide bonds. The number of hydrogen-bond donors (Lipinski definition) is 1. The first-order valence-electron chi connectivity index (χ1n) is 2.86. The Hall–Kier alpha value is -0.720. The molecule has 0 fully saturated rings. The largest absolute Gasteiger partial charge is 0.481 e. The number of aliphatic carboxylic acids is 1. The van der Waals surface area contributed by atoms with Gasteiger partial charge in [0, 0.05) is 16.0 Å². The van der Waals surface area contributed by atoms with E-state index in [4.69, 9.17) is 5.11 Å². The molecule has 0 aliphatic carbocycles. The number of aromatic nitrogens is 2. The van der Waals surface area contributed by atoms with Gasteiger partial charge in [0.15, 0.2) is 0 Å². The van der Waals surface area contributed by atoms with Gasteiger partial charge in [-0.15, -0.1) is 0 Å². The molecule has 11 heavy (non-hydrogen) atoms. The zero-order chi connectivity index (χ0) is 8.27. The molecule has 4 nitrogen and oxygen atoms in total. The lowest BCUT2D eigenvalue weighted by atomic mass is 10.4. The van der Waals surface area contributed by atoms with Crippen LogP contribution in [0.3, 0.4) is 0 Å². The topological polar surface area (TPSA) is 63.1 Å². The summed E-state index contributed by atoms with van der Waals surface area (Å²) in [5, 5.41) is 8.35. The molecule has 1 heterocycles. The van der Waals surface area contributed by atoms with Gasteiger partial charge in [0.05, 0.1) is 0 Å². The Kier molecular flexibility index (Phi) is 2.75. The van der Waals surface area contributed by atoms with Crippen LogP contribution in [0.2, 0.25) is 0 Å². The van der Waals surface area contributed by atoms with E-state index in [1.807, 2.05) is 0 Å². The van der Waals surface area contributed by atoms with Gasteiger partial charge in [0.25, 0.3) is 0 Å². The fourth-order valence-electron chi connectivity index (χ4n) is 0.566. The molecule has 0 radical (unpaired) electrons. The van der Waals surface area contributed by atoms with E-state index < -0.39 is 5.97 Å². The second-order valence-electron chi connectivity index (χ2n) is 1.89. The summed E-state index contributed by atoms with van der Waals surface area (Å²) in [5.41, 5.74) is 0. The SMILES string of the molecule is O=C(O)Cc1ncc(I)cn1. The Morgan fingerprint density at radius 1 is 1.55 bits per heavy atom. The Morgan fingerprint density at radius 2 is 2.09 bits per heavy atom. The molecule has 0 aromatic carbocycles. The molecular formula is C6H5IN2O2. The standard InChI is InChI=1S/C6H5IN2O2/c7-4-2-8-5(9-3-4)1-6(10)11/h2-3H,1H2,(H,10,11). The van der Waals surface area contributed by atoms with Crippen molar-refractivity contribution in [3.63, 3.8) is 0 Å². The van der Waals surface area contributed by atoms with Gasteiger partial charge >= 0.3 is 5.97 Å². The van der Waals surface area contributed by atoms with Crippen molar-refractivity contribution in [1.82, 2.24) is 9.97 Å². The van der Waals surface area contributed by atoms with Gasteiger partial charge in [-0.2, -0.15) is 0 Å². The van der Waals surface area contributed by atoms with Crippen LogP contribution in [-0.2, 0) is 11.2 Å². The predicted octanol–water partition coefficient (Wildman–Crippen LogP) is 0.708. The maximum absolute atomic E-state index is 10.2. The van der Waals surface area contributed by atoms with Gasteiger partial charge < -0.3 is 5.11 Å². The smallest absolute Gasteiger partial charge is 0.311 e. The molecule has 0 aliphatic heterocycles. The van der Waals surface area contributed by atoms with E-state index in [2.05, 4.69) is 32.6 Å². The summed E-state index contributed by atoms with van der Waals surface area (Å²) in [4.78, 5) is 17.8. The molecule has 0 unspecified atom stereocenters. The lowest BCUT2D eigenvalue weighted by Crippen LogP contribution is -2.04. The first-order chi connectivity index (χ1) is 5.18. The highest BCUT2D eigenvalue weighted by Crippen LogP contribution is 1.99. The molecule has 1 aromatic rings. The summed E-state index contributed by atoms with van der Waals surface area (Å²) in [5.74, 6) is -0.566. The second kappa shape index (κ2) is 3.61. The van der Waals surface area contributed by atoms with E-state index in [9.17, 15) is 4.79 Å². The van der Waals surface area contributed by atoms with Crippen LogP contribution in [0, 0.1) is 3.57 Å². The third-order valence-corrected chi connectivity index (χ3v) is 1.54. The lowest BCUT2D eigenvalue weighted by Gasteiger charge is -1.93. The molecule has 0 saturated heterocycles. The van der Waals surface area contributed by atoms with Crippen LogP contribution in [0.15, 0.2) is 12.4 Å². The van der Waals surface area contributed by atoms with Crippen LogP contribution in [0.5, 0.6) is 0 Å². The summed E-state index contributed by atoms with van der Waals surface area (Å²) < 4.78 is 0.900. The van der Waals surface area contributed by atoms with Crippen LogP contribution < -0.4 is 0 Å². The molecule has 5 heteroatoms. The Labute approximate surface area is 76.8 Å². The average Bonchev–Trinajstić information content (AvgIpc) is 1.93. The zero-order valence-electron chi connectivity index (χ0n) is 5.49. The highest BCUT2D eigenvalue weighted by atomic mass is 127. The van der Waals surface area contributed by atoms with Crippen LogP contribution >= 0.6 is 22.6 Å². The number of carboxylic acid groups (broad SMARTS) is 1. The van der Waals surface area contributed by atoms with Crippen LogP contribution in [0.4, 0.5) is 0 Å². The van der Waals surface area contributed by atoms with Crippen LogP contribution in [0.1, 0.15) is 5.82 Å². The van der Waals surface area contributed by atoms with Gasteiger partial charge in [0.1, 0.15) is 12.2 Å². The van der Waals surface area contributed by atoms with Crippen molar-refractivity contribution in [1.29, 1.82) is 0 Å². The summed E-state index contributed by atoms with van der Waals surface area (Å²) in [6.07, 6.45) is 3.06. The van der Waals surface area contributed by atoms with Crippen molar-refractivity contribution >= 4 is 28.6 Å². The van der Waals surface area contributed by atoms with Crippen molar-refractivity contribution in [3.8, 4) is 0 Å². The molecule has 1 aromatic heterocycles. The van der Waals surface area contributed by atoms with Gasteiger partial charge in [-0.25, -0.2) is 9.97 Å².